The van der Waals surface area contributed by atoms with Crippen LogP contribution < -0.4 is 10.5 Å². The van der Waals surface area contributed by atoms with Crippen molar-refractivity contribution in [3.63, 3.8) is 0 Å². The highest BCUT2D eigenvalue weighted by Crippen LogP contribution is 2.30. The van der Waals surface area contributed by atoms with Gasteiger partial charge in [-0.2, -0.15) is 0 Å². The Morgan fingerprint density at radius 1 is 1.45 bits per heavy atom. The van der Waals surface area contributed by atoms with Crippen molar-refractivity contribution < 1.29 is 31.8 Å². The lowest BCUT2D eigenvalue weighted by molar-refractivity contribution is -0.276. The lowest BCUT2D eigenvalue weighted by atomic mass is 10.2. The second-order valence-corrected chi connectivity index (χ2v) is 3.61. The zero-order chi connectivity index (χ0) is 15.3. The SMILES string of the molecule is CCOC(=O)Cc1ncc(CN)c(F)c1OC(F)(F)F. The van der Waals surface area contributed by atoms with Crippen LogP contribution in [0, 0.1) is 5.82 Å². The summed E-state index contributed by atoms with van der Waals surface area (Å²) in [6.45, 7) is 1.21. The molecule has 1 aromatic heterocycles. The first-order chi connectivity index (χ1) is 9.28. The van der Waals surface area contributed by atoms with E-state index in [1.54, 1.807) is 0 Å². The van der Waals surface area contributed by atoms with Gasteiger partial charge in [0.1, 0.15) is 0 Å². The Morgan fingerprint density at radius 3 is 2.60 bits per heavy atom. The summed E-state index contributed by atoms with van der Waals surface area (Å²) >= 11 is 0. The smallest absolute Gasteiger partial charge is 0.466 e. The van der Waals surface area contributed by atoms with Crippen LogP contribution in [0.5, 0.6) is 5.75 Å². The quantitative estimate of drug-likeness (QED) is 0.661. The van der Waals surface area contributed by atoms with Gasteiger partial charge < -0.3 is 15.2 Å². The Morgan fingerprint density at radius 2 is 2.10 bits per heavy atom. The summed E-state index contributed by atoms with van der Waals surface area (Å²) in [5.41, 5.74) is 4.42. The number of esters is 1. The second-order valence-electron chi connectivity index (χ2n) is 3.61. The summed E-state index contributed by atoms with van der Waals surface area (Å²) < 4.78 is 58.7. The number of nitrogens with two attached hydrogens (primary N) is 1. The average Bonchev–Trinajstić information content (AvgIpc) is 2.33. The van der Waals surface area contributed by atoms with Crippen LogP contribution in [0.25, 0.3) is 0 Å². The van der Waals surface area contributed by atoms with Gasteiger partial charge in [-0.25, -0.2) is 4.39 Å². The van der Waals surface area contributed by atoms with E-state index in [2.05, 4.69) is 14.5 Å². The summed E-state index contributed by atoms with van der Waals surface area (Å²) in [7, 11) is 0. The molecule has 0 aliphatic rings. The highest BCUT2D eigenvalue weighted by molar-refractivity contribution is 5.72. The van der Waals surface area contributed by atoms with E-state index in [1.165, 1.54) is 6.92 Å². The lowest BCUT2D eigenvalue weighted by Gasteiger charge is -2.14. The lowest BCUT2D eigenvalue weighted by Crippen LogP contribution is -2.21. The zero-order valence-corrected chi connectivity index (χ0v) is 10.5. The number of nitrogens with zero attached hydrogens (tertiary/aromatic N) is 1. The van der Waals surface area contributed by atoms with Crippen molar-refractivity contribution in [3.8, 4) is 5.75 Å². The fourth-order valence-corrected chi connectivity index (χ4v) is 1.38. The summed E-state index contributed by atoms with van der Waals surface area (Å²) in [4.78, 5) is 14.8. The molecule has 0 amide bonds. The molecule has 1 aromatic rings. The van der Waals surface area contributed by atoms with Gasteiger partial charge in [0.05, 0.1) is 18.7 Å². The topological polar surface area (TPSA) is 74.4 Å². The van der Waals surface area contributed by atoms with E-state index in [1.807, 2.05) is 0 Å². The molecular weight excluding hydrogens is 284 g/mol. The van der Waals surface area contributed by atoms with Gasteiger partial charge in [0, 0.05) is 18.3 Å². The molecule has 0 bridgehead atoms. The van der Waals surface area contributed by atoms with Crippen molar-refractivity contribution in [1.29, 1.82) is 0 Å². The summed E-state index contributed by atoms with van der Waals surface area (Å²) in [6.07, 6.45) is -4.80. The molecule has 20 heavy (non-hydrogen) atoms. The molecule has 9 heteroatoms. The van der Waals surface area contributed by atoms with Crippen LogP contribution in [0.15, 0.2) is 6.20 Å². The van der Waals surface area contributed by atoms with E-state index in [0.29, 0.717) is 0 Å². The summed E-state index contributed by atoms with van der Waals surface area (Å²) in [5, 5.41) is 0. The van der Waals surface area contributed by atoms with Crippen LogP contribution in [0.2, 0.25) is 0 Å². The molecule has 0 saturated heterocycles. The third-order valence-corrected chi connectivity index (χ3v) is 2.17. The molecule has 0 fully saturated rings. The Kier molecular flexibility index (Phi) is 5.26. The second kappa shape index (κ2) is 6.51. The number of pyridine rings is 1. The molecule has 5 nitrogen and oxygen atoms in total. The number of ether oxygens (including phenoxy) is 2. The summed E-state index contributed by atoms with van der Waals surface area (Å²) in [6, 6.07) is 0. The minimum absolute atomic E-state index is 0.0393. The molecule has 0 aromatic carbocycles. The van der Waals surface area contributed by atoms with Crippen LogP contribution in [-0.2, 0) is 22.5 Å². The molecule has 1 heterocycles. The van der Waals surface area contributed by atoms with Crippen molar-refractivity contribution in [2.45, 2.75) is 26.3 Å². The number of halogens is 4. The van der Waals surface area contributed by atoms with Gasteiger partial charge in [-0.05, 0) is 6.92 Å². The van der Waals surface area contributed by atoms with Gasteiger partial charge in [0.25, 0.3) is 0 Å². The van der Waals surface area contributed by atoms with Crippen LogP contribution in [0.4, 0.5) is 17.6 Å². The van der Waals surface area contributed by atoms with E-state index in [9.17, 15) is 22.4 Å². The number of carbonyl (C=O) groups is 1. The van der Waals surface area contributed by atoms with Gasteiger partial charge >= 0.3 is 12.3 Å². The van der Waals surface area contributed by atoms with Crippen LogP contribution in [0.3, 0.4) is 0 Å². The van der Waals surface area contributed by atoms with Gasteiger partial charge in [-0.3, -0.25) is 9.78 Å². The standard InChI is InChI=1S/C11H12F4N2O3/c1-2-19-8(18)3-7-10(20-11(13,14)15)9(12)6(4-16)5-17-7/h5H,2-4,16H2,1H3. The minimum Gasteiger partial charge on any atom is -0.466 e. The van der Waals surface area contributed by atoms with E-state index in [-0.39, 0.29) is 18.7 Å². The first-order valence-electron chi connectivity index (χ1n) is 5.56. The highest BCUT2D eigenvalue weighted by Gasteiger charge is 2.35. The minimum atomic E-state index is -5.11. The zero-order valence-electron chi connectivity index (χ0n) is 10.5. The van der Waals surface area contributed by atoms with Crippen LogP contribution in [-0.4, -0.2) is 23.9 Å². The van der Waals surface area contributed by atoms with Gasteiger partial charge in [-0.1, -0.05) is 0 Å². The summed E-state index contributed by atoms with van der Waals surface area (Å²) in [5.74, 6) is -3.29. The maximum absolute atomic E-state index is 13.8. The fourth-order valence-electron chi connectivity index (χ4n) is 1.38. The maximum atomic E-state index is 13.8. The number of aromatic nitrogens is 1. The molecule has 0 aliphatic carbocycles. The van der Waals surface area contributed by atoms with Crippen LogP contribution in [0.1, 0.15) is 18.2 Å². The van der Waals surface area contributed by atoms with Crippen molar-refractivity contribution in [3.05, 3.63) is 23.3 Å². The predicted molar refractivity (Wildman–Crippen MR) is 59.1 cm³/mol. The Hall–Kier alpha value is -1.90. The monoisotopic (exact) mass is 296 g/mol. The Bertz CT molecular complexity index is 491. The van der Waals surface area contributed by atoms with Crippen molar-refractivity contribution in [2.75, 3.05) is 6.61 Å². The molecule has 2 N–H and O–H groups in total. The molecule has 0 atom stereocenters. The predicted octanol–water partition coefficient (Wildman–Crippen LogP) is 1.68. The first-order valence-corrected chi connectivity index (χ1v) is 5.56. The van der Waals surface area contributed by atoms with E-state index in [4.69, 9.17) is 5.73 Å². The van der Waals surface area contributed by atoms with E-state index < -0.39 is 36.0 Å². The number of rotatable bonds is 5. The van der Waals surface area contributed by atoms with Gasteiger partial charge in [0.2, 0.25) is 0 Å². The number of hydrogen-bond acceptors (Lipinski definition) is 5. The number of carbonyl (C=O) groups excluding carboxylic acids is 1. The van der Waals surface area contributed by atoms with Gasteiger partial charge in [0.15, 0.2) is 11.6 Å². The molecule has 0 radical (unpaired) electrons. The third-order valence-electron chi connectivity index (χ3n) is 2.17. The van der Waals surface area contributed by atoms with Crippen molar-refractivity contribution in [2.24, 2.45) is 5.73 Å². The normalized spacial score (nSPS) is 11.3. The maximum Gasteiger partial charge on any atom is 0.573 e. The molecule has 112 valence electrons. The van der Waals surface area contributed by atoms with E-state index in [0.717, 1.165) is 6.20 Å². The van der Waals surface area contributed by atoms with Crippen molar-refractivity contribution >= 4 is 5.97 Å². The molecular formula is C11H12F4N2O3. The first kappa shape index (κ1) is 16.2. The number of alkyl halides is 3. The molecule has 0 saturated carbocycles. The third kappa shape index (κ3) is 4.34. The molecule has 0 aliphatic heterocycles. The molecule has 0 unspecified atom stereocenters. The molecule has 1 rings (SSSR count). The van der Waals surface area contributed by atoms with Crippen LogP contribution >= 0.6 is 0 Å². The Labute approximate surface area is 111 Å². The Balaban J connectivity index is 3.15. The highest BCUT2D eigenvalue weighted by atomic mass is 19.4. The van der Waals surface area contributed by atoms with Gasteiger partial charge in [-0.15, -0.1) is 13.2 Å². The van der Waals surface area contributed by atoms with Crippen molar-refractivity contribution in [1.82, 2.24) is 4.98 Å². The van der Waals surface area contributed by atoms with E-state index >= 15 is 0 Å². The molecule has 0 spiro atoms. The number of hydrogen-bond donors (Lipinski definition) is 1. The largest absolute Gasteiger partial charge is 0.573 e. The average molecular weight is 296 g/mol. The fraction of sp³-hybridized carbons (Fsp3) is 0.455.